The molecular formula is C23H23N2O3S+. The van der Waals surface area contributed by atoms with E-state index in [-0.39, 0.29) is 18.4 Å². The Balaban J connectivity index is 1.54. The zero-order chi connectivity index (χ0) is 20.2. The number of fused-ring (bicyclic) bond motifs is 1. The molecule has 5 nitrogen and oxygen atoms in total. The molecule has 6 heteroatoms. The molecule has 0 unspecified atom stereocenters. The minimum Gasteiger partial charge on any atom is -0.465 e. The van der Waals surface area contributed by atoms with Crippen LogP contribution in [0.2, 0.25) is 0 Å². The van der Waals surface area contributed by atoms with E-state index in [1.54, 1.807) is 0 Å². The third-order valence-electron chi connectivity index (χ3n) is 5.11. The molecule has 1 amide bonds. The van der Waals surface area contributed by atoms with Crippen molar-refractivity contribution in [2.45, 2.75) is 32.2 Å². The number of carbonyl (C=O) groups excluding carboxylic acids is 2. The number of hydrogen-bond donors (Lipinski definition) is 1. The Labute approximate surface area is 174 Å². The van der Waals surface area contributed by atoms with E-state index in [0.717, 1.165) is 42.4 Å². The van der Waals surface area contributed by atoms with Crippen molar-refractivity contribution < 1.29 is 18.9 Å². The first-order valence-corrected chi connectivity index (χ1v) is 10.5. The molecule has 1 aliphatic rings. The van der Waals surface area contributed by atoms with Crippen molar-refractivity contribution in [3.05, 3.63) is 70.9 Å². The summed E-state index contributed by atoms with van der Waals surface area (Å²) in [6.07, 6.45) is 7.81. The number of carbonyl (C=O) groups is 2. The average molecular weight is 408 g/mol. The first-order valence-electron chi connectivity index (χ1n) is 9.73. The predicted octanol–water partition coefficient (Wildman–Crippen LogP) is 4.01. The summed E-state index contributed by atoms with van der Waals surface area (Å²) >= 11 is 1.50. The second kappa shape index (κ2) is 8.57. The zero-order valence-corrected chi connectivity index (χ0v) is 17.1. The summed E-state index contributed by atoms with van der Waals surface area (Å²) < 4.78 is 6.83. The van der Waals surface area contributed by atoms with E-state index in [2.05, 4.69) is 5.32 Å². The van der Waals surface area contributed by atoms with Crippen LogP contribution in [0, 0.1) is 0 Å². The summed E-state index contributed by atoms with van der Waals surface area (Å²) in [5.41, 5.74) is 3.72. The summed E-state index contributed by atoms with van der Waals surface area (Å²) in [4.78, 5) is 26.3. The molecule has 2 aromatic heterocycles. The summed E-state index contributed by atoms with van der Waals surface area (Å²) in [5.74, 6) is -0.539. The summed E-state index contributed by atoms with van der Waals surface area (Å²) in [7, 11) is 1.38. The van der Waals surface area contributed by atoms with E-state index >= 15 is 0 Å². The van der Waals surface area contributed by atoms with Gasteiger partial charge >= 0.3 is 5.97 Å². The Kier molecular flexibility index (Phi) is 5.71. The molecule has 0 radical (unpaired) electrons. The lowest BCUT2D eigenvalue weighted by molar-refractivity contribution is -0.683. The molecule has 0 atom stereocenters. The van der Waals surface area contributed by atoms with Crippen LogP contribution in [-0.4, -0.2) is 19.0 Å². The maximum absolute atomic E-state index is 12.7. The van der Waals surface area contributed by atoms with Gasteiger partial charge in [0, 0.05) is 16.5 Å². The van der Waals surface area contributed by atoms with Gasteiger partial charge in [0.25, 0.3) is 5.91 Å². The standard InChI is InChI=1S/C23H22N2O3S/c1-28-23(27)21-18-11-5-6-12-19(18)29-22(21)24-20(26)15-25-13-7-10-17(14-25)16-8-3-2-4-9-16/h2-4,7-10,13-14H,5-6,11-12,15H2,1H3/p+1. The number of amides is 1. The van der Waals surface area contributed by atoms with Crippen LogP contribution in [0.5, 0.6) is 0 Å². The number of esters is 1. The first-order chi connectivity index (χ1) is 14.2. The van der Waals surface area contributed by atoms with Gasteiger partial charge in [-0.2, -0.15) is 4.57 Å². The fourth-order valence-electron chi connectivity index (χ4n) is 3.73. The highest BCUT2D eigenvalue weighted by molar-refractivity contribution is 7.17. The smallest absolute Gasteiger partial charge is 0.341 e. The molecular weight excluding hydrogens is 384 g/mol. The minimum absolute atomic E-state index is 0.163. The van der Waals surface area contributed by atoms with Gasteiger partial charge in [0.2, 0.25) is 6.54 Å². The van der Waals surface area contributed by atoms with Gasteiger partial charge in [0.05, 0.1) is 12.7 Å². The predicted molar refractivity (Wildman–Crippen MR) is 113 cm³/mol. The second-order valence-electron chi connectivity index (χ2n) is 7.09. The molecule has 148 valence electrons. The number of nitrogens with one attached hydrogen (secondary N) is 1. The van der Waals surface area contributed by atoms with Gasteiger partial charge < -0.3 is 10.1 Å². The number of benzene rings is 1. The maximum atomic E-state index is 12.7. The second-order valence-corrected chi connectivity index (χ2v) is 8.19. The normalized spacial score (nSPS) is 12.9. The fraction of sp³-hybridized carbons (Fsp3) is 0.261. The van der Waals surface area contributed by atoms with Crippen LogP contribution in [0.3, 0.4) is 0 Å². The molecule has 1 aliphatic carbocycles. The van der Waals surface area contributed by atoms with Crippen molar-refractivity contribution in [1.82, 2.24) is 0 Å². The summed E-state index contributed by atoms with van der Waals surface area (Å²) in [5, 5.41) is 3.55. The number of methoxy groups -OCH3 is 1. The van der Waals surface area contributed by atoms with Gasteiger partial charge in [-0.25, -0.2) is 4.79 Å². The highest BCUT2D eigenvalue weighted by Crippen LogP contribution is 2.38. The molecule has 29 heavy (non-hydrogen) atoms. The van der Waals surface area contributed by atoms with E-state index in [4.69, 9.17) is 4.74 Å². The number of hydrogen-bond acceptors (Lipinski definition) is 4. The van der Waals surface area contributed by atoms with Gasteiger partial charge in [-0.3, -0.25) is 4.79 Å². The number of aryl methyl sites for hydroxylation is 1. The van der Waals surface area contributed by atoms with E-state index in [1.165, 1.54) is 23.3 Å². The van der Waals surface area contributed by atoms with E-state index < -0.39 is 0 Å². The lowest BCUT2D eigenvalue weighted by Gasteiger charge is -2.11. The molecule has 0 fully saturated rings. The third-order valence-corrected chi connectivity index (χ3v) is 6.31. The largest absolute Gasteiger partial charge is 0.465 e. The van der Waals surface area contributed by atoms with Crippen LogP contribution in [-0.2, 0) is 28.9 Å². The van der Waals surface area contributed by atoms with E-state index in [9.17, 15) is 9.59 Å². The third kappa shape index (κ3) is 4.22. The Bertz CT molecular complexity index is 1040. The molecule has 0 bridgehead atoms. The topological polar surface area (TPSA) is 59.3 Å². The van der Waals surface area contributed by atoms with Gasteiger partial charge in [-0.05, 0) is 42.9 Å². The number of anilines is 1. The van der Waals surface area contributed by atoms with Gasteiger partial charge in [-0.1, -0.05) is 30.3 Å². The molecule has 4 rings (SSSR count). The molecule has 1 aromatic carbocycles. The number of rotatable bonds is 5. The van der Waals surface area contributed by atoms with E-state index in [1.807, 2.05) is 59.4 Å². The van der Waals surface area contributed by atoms with Gasteiger partial charge in [-0.15, -0.1) is 11.3 Å². The van der Waals surface area contributed by atoms with Gasteiger partial charge in [0.15, 0.2) is 12.4 Å². The molecule has 0 saturated heterocycles. The lowest BCUT2D eigenvalue weighted by atomic mass is 9.95. The first kappa shape index (κ1) is 19.3. The summed E-state index contributed by atoms with van der Waals surface area (Å²) in [6.45, 7) is 0.170. The number of nitrogens with zero attached hydrogens (tertiary/aromatic N) is 1. The van der Waals surface area contributed by atoms with Crippen LogP contribution < -0.4 is 9.88 Å². The van der Waals surface area contributed by atoms with E-state index in [0.29, 0.717) is 10.6 Å². The zero-order valence-electron chi connectivity index (χ0n) is 16.3. The molecule has 0 spiro atoms. The average Bonchev–Trinajstić information content (AvgIpc) is 3.11. The van der Waals surface area contributed by atoms with Crippen molar-refractivity contribution in [2.24, 2.45) is 0 Å². The Hall–Kier alpha value is -2.99. The van der Waals surface area contributed by atoms with Crippen molar-refractivity contribution in [3.63, 3.8) is 0 Å². The SMILES string of the molecule is COC(=O)c1c(NC(=O)C[n+]2cccc(-c3ccccc3)c2)sc2c1CCCC2. The Morgan fingerprint density at radius 3 is 2.62 bits per heavy atom. The molecule has 0 aliphatic heterocycles. The minimum atomic E-state index is -0.376. The molecule has 1 N–H and O–H groups in total. The number of ether oxygens (including phenoxy) is 1. The highest BCUT2D eigenvalue weighted by atomic mass is 32.1. The Morgan fingerprint density at radius 2 is 1.83 bits per heavy atom. The molecule has 3 aromatic rings. The van der Waals surface area contributed by atoms with Crippen LogP contribution in [0.25, 0.3) is 11.1 Å². The van der Waals surface area contributed by atoms with Crippen molar-refractivity contribution in [1.29, 1.82) is 0 Å². The van der Waals surface area contributed by atoms with Crippen molar-refractivity contribution in [3.8, 4) is 11.1 Å². The molecule has 0 saturated carbocycles. The Morgan fingerprint density at radius 1 is 1.07 bits per heavy atom. The van der Waals surface area contributed by atoms with Crippen molar-refractivity contribution in [2.75, 3.05) is 12.4 Å². The summed E-state index contributed by atoms with van der Waals surface area (Å²) in [6, 6.07) is 14.0. The lowest BCUT2D eigenvalue weighted by Crippen LogP contribution is -2.39. The monoisotopic (exact) mass is 407 g/mol. The van der Waals surface area contributed by atoms with Crippen LogP contribution in [0.4, 0.5) is 5.00 Å². The van der Waals surface area contributed by atoms with Crippen LogP contribution in [0.1, 0.15) is 33.6 Å². The number of pyridine rings is 1. The van der Waals surface area contributed by atoms with Crippen molar-refractivity contribution >= 4 is 28.2 Å². The van der Waals surface area contributed by atoms with Gasteiger partial charge in [0.1, 0.15) is 5.00 Å². The number of aromatic nitrogens is 1. The number of thiophene rings is 1. The fourth-order valence-corrected chi connectivity index (χ4v) is 5.02. The highest BCUT2D eigenvalue weighted by Gasteiger charge is 2.27. The quantitative estimate of drug-likeness (QED) is 0.514. The molecule has 2 heterocycles. The maximum Gasteiger partial charge on any atom is 0.341 e. The van der Waals surface area contributed by atoms with Crippen LogP contribution >= 0.6 is 11.3 Å². The van der Waals surface area contributed by atoms with Crippen LogP contribution in [0.15, 0.2) is 54.9 Å².